The maximum atomic E-state index is 14.3. The highest BCUT2D eigenvalue weighted by Gasteiger charge is 2.33. The van der Waals surface area contributed by atoms with Crippen molar-refractivity contribution < 1.29 is 22.7 Å². The first-order chi connectivity index (χ1) is 14.2. The molecule has 8 heteroatoms. The fraction of sp³-hybridized carbons (Fsp3) is 0.455. The van der Waals surface area contributed by atoms with E-state index in [0.717, 1.165) is 11.1 Å². The standard InChI is InChI=1S/C22H27ClFNO4S/c1-15-5-3-8-22(16(15)2)29-13-18(26)11-25(17-9-10-30(27,28)14-17)12-19-20(23)6-4-7-21(19)24/h3-8,17-18,26H,9-14H2,1-2H3. The van der Waals surface area contributed by atoms with Gasteiger partial charge in [0.15, 0.2) is 9.84 Å². The van der Waals surface area contributed by atoms with Gasteiger partial charge in [0.2, 0.25) is 0 Å². The summed E-state index contributed by atoms with van der Waals surface area (Å²) >= 11 is 6.17. The fourth-order valence-electron chi connectivity index (χ4n) is 3.68. The van der Waals surface area contributed by atoms with Gasteiger partial charge in [-0.3, -0.25) is 4.90 Å². The van der Waals surface area contributed by atoms with Crippen molar-refractivity contribution >= 4 is 21.4 Å². The van der Waals surface area contributed by atoms with Gasteiger partial charge < -0.3 is 9.84 Å². The fourth-order valence-corrected chi connectivity index (χ4v) is 5.67. The third-order valence-corrected chi connectivity index (χ3v) is 7.68. The molecule has 0 bridgehead atoms. The SMILES string of the molecule is Cc1cccc(OCC(O)CN(Cc2c(F)cccc2Cl)C2CCS(=O)(=O)C2)c1C. The Bertz CT molecular complexity index is 978. The summed E-state index contributed by atoms with van der Waals surface area (Å²) in [7, 11) is -3.14. The second-order valence-electron chi connectivity index (χ2n) is 7.85. The summed E-state index contributed by atoms with van der Waals surface area (Å²) in [5, 5.41) is 10.9. The maximum absolute atomic E-state index is 14.3. The van der Waals surface area contributed by atoms with E-state index in [1.807, 2.05) is 32.0 Å². The van der Waals surface area contributed by atoms with Crippen LogP contribution in [0.3, 0.4) is 0 Å². The Hall–Kier alpha value is -1.67. The quantitative estimate of drug-likeness (QED) is 0.659. The van der Waals surface area contributed by atoms with Crippen LogP contribution in [0, 0.1) is 19.7 Å². The van der Waals surface area contributed by atoms with Crippen molar-refractivity contribution in [3.63, 3.8) is 0 Å². The van der Waals surface area contributed by atoms with Crippen LogP contribution in [0.4, 0.5) is 4.39 Å². The molecular weight excluding hydrogens is 429 g/mol. The van der Waals surface area contributed by atoms with Crippen molar-refractivity contribution in [2.75, 3.05) is 24.7 Å². The Morgan fingerprint density at radius 1 is 1.27 bits per heavy atom. The maximum Gasteiger partial charge on any atom is 0.151 e. The summed E-state index contributed by atoms with van der Waals surface area (Å²) in [5.74, 6) is 0.327. The third kappa shape index (κ3) is 5.72. The van der Waals surface area contributed by atoms with Crippen LogP contribution in [-0.4, -0.2) is 55.2 Å². The van der Waals surface area contributed by atoms with Crippen LogP contribution in [0.2, 0.25) is 5.02 Å². The Balaban J connectivity index is 1.72. The van der Waals surface area contributed by atoms with Gasteiger partial charge >= 0.3 is 0 Å². The molecular formula is C22H27ClFNO4S. The molecule has 0 radical (unpaired) electrons. The van der Waals surface area contributed by atoms with Crippen molar-refractivity contribution in [3.8, 4) is 5.75 Å². The molecule has 2 aromatic carbocycles. The van der Waals surface area contributed by atoms with Gasteiger partial charge in [-0.1, -0.05) is 29.8 Å². The molecule has 0 aromatic heterocycles. The van der Waals surface area contributed by atoms with Gasteiger partial charge in [0.05, 0.1) is 11.5 Å². The van der Waals surface area contributed by atoms with E-state index in [1.165, 1.54) is 12.1 Å². The van der Waals surface area contributed by atoms with Crippen LogP contribution < -0.4 is 4.74 Å². The first kappa shape index (κ1) is 23.0. The van der Waals surface area contributed by atoms with Crippen molar-refractivity contribution in [2.24, 2.45) is 0 Å². The van der Waals surface area contributed by atoms with Crippen LogP contribution in [0.1, 0.15) is 23.1 Å². The van der Waals surface area contributed by atoms with Gasteiger partial charge in [0.1, 0.15) is 24.3 Å². The molecule has 1 fully saturated rings. The lowest BCUT2D eigenvalue weighted by molar-refractivity contribution is 0.0518. The number of hydrogen-bond donors (Lipinski definition) is 1. The number of halogens is 2. The highest BCUT2D eigenvalue weighted by molar-refractivity contribution is 7.91. The van der Waals surface area contributed by atoms with E-state index in [9.17, 15) is 17.9 Å². The summed E-state index contributed by atoms with van der Waals surface area (Å²) in [4.78, 5) is 1.80. The van der Waals surface area contributed by atoms with E-state index in [1.54, 1.807) is 11.0 Å². The van der Waals surface area contributed by atoms with Crippen LogP contribution in [0.15, 0.2) is 36.4 Å². The normalized spacial score (nSPS) is 19.2. The predicted octanol–water partition coefficient (Wildman–Crippen LogP) is 3.52. The average molecular weight is 456 g/mol. The summed E-state index contributed by atoms with van der Waals surface area (Å²) in [6.45, 7) is 4.25. The molecule has 3 rings (SSSR count). The zero-order valence-corrected chi connectivity index (χ0v) is 18.7. The number of aryl methyl sites for hydroxylation is 1. The van der Waals surface area contributed by atoms with E-state index in [4.69, 9.17) is 16.3 Å². The smallest absolute Gasteiger partial charge is 0.151 e. The first-order valence-corrected chi connectivity index (χ1v) is 12.1. The third-order valence-electron chi connectivity index (χ3n) is 5.58. The molecule has 1 aliphatic rings. The summed E-state index contributed by atoms with van der Waals surface area (Å²) in [6.07, 6.45) is -0.433. The van der Waals surface area contributed by atoms with Gasteiger partial charge in [0, 0.05) is 29.7 Å². The van der Waals surface area contributed by atoms with Gasteiger partial charge in [-0.25, -0.2) is 12.8 Å². The number of ether oxygens (including phenoxy) is 1. The molecule has 164 valence electrons. The number of sulfone groups is 1. The van der Waals surface area contributed by atoms with Crippen LogP contribution in [-0.2, 0) is 16.4 Å². The van der Waals surface area contributed by atoms with Crippen LogP contribution in [0.5, 0.6) is 5.75 Å². The Morgan fingerprint density at radius 2 is 2.00 bits per heavy atom. The van der Waals surface area contributed by atoms with Gasteiger partial charge in [-0.2, -0.15) is 0 Å². The molecule has 1 heterocycles. The zero-order chi connectivity index (χ0) is 21.9. The van der Waals surface area contributed by atoms with Crippen LogP contribution >= 0.6 is 11.6 Å². The summed E-state index contributed by atoms with van der Waals surface area (Å²) < 4.78 is 44.1. The number of aliphatic hydroxyl groups is 1. The van der Waals surface area contributed by atoms with Gasteiger partial charge in [-0.15, -0.1) is 0 Å². The molecule has 30 heavy (non-hydrogen) atoms. The molecule has 1 saturated heterocycles. The number of nitrogens with zero attached hydrogens (tertiary/aromatic N) is 1. The minimum absolute atomic E-state index is 0.0103. The molecule has 1 aliphatic heterocycles. The molecule has 2 aromatic rings. The van der Waals surface area contributed by atoms with E-state index >= 15 is 0 Å². The van der Waals surface area contributed by atoms with Crippen molar-refractivity contribution in [1.82, 2.24) is 4.90 Å². The molecule has 5 nitrogen and oxygen atoms in total. The lowest BCUT2D eigenvalue weighted by atomic mass is 10.1. The largest absolute Gasteiger partial charge is 0.491 e. The molecule has 1 N–H and O–H groups in total. The first-order valence-electron chi connectivity index (χ1n) is 9.90. The zero-order valence-electron chi connectivity index (χ0n) is 17.1. The number of rotatable bonds is 8. The highest BCUT2D eigenvalue weighted by atomic mass is 35.5. The second-order valence-corrected chi connectivity index (χ2v) is 10.5. The Kier molecular flexibility index (Phi) is 7.39. The molecule has 2 atom stereocenters. The minimum atomic E-state index is -3.14. The molecule has 2 unspecified atom stereocenters. The van der Waals surface area contributed by atoms with Crippen molar-refractivity contribution in [3.05, 3.63) is 63.9 Å². The lowest BCUT2D eigenvalue weighted by Crippen LogP contribution is -2.42. The van der Waals surface area contributed by atoms with E-state index in [0.29, 0.717) is 17.7 Å². The molecule has 0 spiro atoms. The molecule has 0 amide bonds. The summed E-state index contributed by atoms with van der Waals surface area (Å²) in [5.41, 5.74) is 2.39. The van der Waals surface area contributed by atoms with E-state index < -0.39 is 21.8 Å². The topological polar surface area (TPSA) is 66.8 Å². The number of benzene rings is 2. The van der Waals surface area contributed by atoms with Crippen LogP contribution in [0.25, 0.3) is 0 Å². The van der Waals surface area contributed by atoms with Gasteiger partial charge in [0.25, 0.3) is 0 Å². The van der Waals surface area contributed by atoms with Crippen molar-refractivity contribution in [1.29, 1.82) is 0 Å². The van der Waals surface area contributed by atoms with E-state index in [2.05, 4.69) is 0 Å². The van der Waals surface area contributed by atoms with Gasteiger partial charge in [-0.05, 0) is 49.6 Å². The Morgan fingerprint density at radius 3 is 2.67 bits per heavy atom. The van der Waals surface area contributed by atoms with Crippen molar-refractivity contribution in [2.45, 2.75) is 39.0 Å². The minimum Gasteiger partial charge on any atom is -0.491 e. The summed E-state index contributed by atoms with van der Waals surface area (Å²) in [6, 6.07) is 9.86. The monoisotopic (exact) mass is 455 g/mol. The highest BCUT2D eigenvalue weighted by Crippen LogP contribution is 2.26. The number of aliphatic hydroxyl groups excluding tert-OH is 1. The predicted molar refractivity (Wildman–Crippen MR) is 116 cm³/mol. The second kappa shape index (κ2) is 9.64. The average Bonchev–Trinajstić information content (AvgIpc) is 3.05. The van der Waals surface area contributed by atoms with E-state index in [-0.39, 0.29) is 42.3 Å². The molecule has 0 saturated carbocycles. The lowest BCUT2D eigenvalue weighted by Gasteiger charge is -2.30. The Labute approximate surface area is 182 Å². The number of hydrogen-bond acceptors (Lipinski definition) is 5. The molecule has 0 aliphatic carbocycles.